The van der Waals surface area contributed by atoms with Crippen molar-refractivity contribution in [1.29, 1.82) is 0 Å². The Kier molecular flexibility index (Phi) is 4.41. The molecular weight excluding hydrogens is 304 g/mol. The quantitative estimate of drug-likeness (QED) is 0.609. The summed E-state index contributed by atoms with van der Waals surface area (Å²) in [5.41, 5.74) is 0. The lowest BCUT2D eigenvalue weighted by atomic mass is 10.2. The lowest BCUT2D eigenvalue weighted by molar-refractivity contribution is -0.674. The fourth-order valence-corrected chi connectivity index (χ4v) is 6.26. The van der Waals surface area contributed by atoms with Gasteiger partial charge in [-0.2, -0.15) is 0 Å². The van der Waals surface area contributed by atoms with Crippen LogP contribution in [-0.2, 0) is 24.5 Å². The third-order valence-corrected chi connectivity index (χ3v) is 7.59. The van der Waals surface area contributed by atoms with Crippen LogP contribution in [0.1, 0.15) is 12.8 Å². The number of sulfone groups is 2. The Hall–Kier alpha value is -0.670. The van der Waals surface area contributed by atoms with Gasteiger partial charge in [-0.25, -0.2) is 16.8 Å². The highest BCUT2D eigenvalue weighted by Crippen LogP contribution is 2.16. The Morgan fingerprint density at radius 2 is 1.70 bits per heavy atom. The molecule has 9 heteroatoms. The van der Waals surface area contributed by atoms with Crippen molar-refractivity contribution < 1.29 is 26.9 Å². The molecular formula is C11H21N2O5S2+. The summed E-state index contributed by atoms with van der Waals surface area (Å²) in [6, 6.07) is -0.294. The first-order valence-corrected chi connectivity index (χ1v) is 10.3. The molecule has 2 saturated heterocycles. The van der Waals surface area contributed by atoms with Crippen LogP contribution in [0.3, 0.4) is 0 Å². The van der Waals surface area contributed by atoms with Gasteiger partial charge in [-0.15, -0.1) is 0 Å². The summed E-state index contributed by atoms with van der Waals surface area (Å²) in [6.45, 7) is 0.174. The number of amides is 1. The summed E-state index contributed by atoms with van der Waals surface area (Å²) in [6.07, 6.45) is 1.07. The molecule has 2 heterocycles. The van der Waals surface area contributed by atoms with Gasteiger partial charge < -0.3 is 10.2 Å². The molecule has 0 aromatic carbocycles. The van der Waals surface area contributed by atoms with Crippen LogP contribution in [0.15, 0.2) is 0 Å². The molecule has 7 nitrogen and oxygen atoms in total. The van der Waals surface area contributed by atoms with E-state index in [1.54, 1.807) is 12.4 Å². The Balaban J connectivity index is 1.81. The summed E-state index contributed by atoms with van der Waals surface area (Å²) >= 11 is 0. The van der Waals surface area contributed by atoms with E-state index in [9.17, 15) is 21.6 Å². The fourth-order valence-electron chi connectivity index (χ4n) is 2.71. The van der Waals surface area contributed by atoms with Crippen LogP contribution >= 0.6 is 0 Å². The smallest absolute Gasteiger partial charge is 0.277 e. The second-order valence-electron chi connectivity index (χ2n) is 5.66. The molecule has 0 unspecified atom stereocenters. The molecule has 116 valence electrons. The summed E-state index contributed by atoms with van der Waals surface area (Å²) in [4.78, 5) is 13.5. The SMILES string of the molecule is CN(C(=O)C[NH2+][C@@H]1CCS(=O)(=O)C1)[C@H]1CCS(=O)(=O)C1. The average Bonchev–Trinajstić information content (AvgIpc) is 2.87. The van der Waals surface area contributed by atoms with Crippen molar-refractivity contribution in [2.24, 2.45) is 0 Å². The predicted octanol–water partition coefficient (Wildman–Crippen LogP) is -2.62. The molecule has 2 fully saturated rings. The van der Waals surface area contributed by atoms with E-state index >= 15 is 0 Å². The minimum Gasteiger partial charge on any atom is -0.337 e. The molecule has 2 rings (SSSR count). The van der Waals surface area contributed by atoms with E-state index in [4.69, 9.17) is 0 Å². The fraction of sp³-hybridized carbons (Fsp3) is 0.909. The van der Waals surface area contributed by atoms with Crippen molar-refractivity contribution in [3.05, 3.63) is 0 Å². The molecule has 2 aliphatic rings. The monoisotopic (exact) mass is 325 g/mol. The van der Waals surface area contributed by atoms with Gasteiger partial charge in [0.15, 0.2) is 26.2 Å². The van der Waals surface area contributed by atoms with Gasteiger partial charge in [0.2, 0.25) is 0 Å². The number of hydrogen-bond donors (Lipinski definition) is 1. The number of nitrogens with zero attached hydrogens (tertiary/aromatic N) is 1. The maximum absolute atomic E-state index is 12.0. The molecule has 2 N–H and O–H groups in total. The van der Waals surface area contributed by atoms with Crippen LogP contribution in [0.5, 0.6) is 0 Å². The molecule has 20 heavy (non-hydrogen) atoms. The van der Waals surface area contributed by atoms with Crippen molar-refractivity contribution in [3.63, 3.8) is 0 Å². The van der Waals surface area contributed by atoms with E-state index in [2.05, 4.69) is 0 Å². The zero-order valence-electron chi connectivity index (χ0n) is 11.5. The largest absolute Gasteiger partial charge is 0.337 e. The zero-order chi connectivity index (χ0) is 15.0. The number of carbonyl (C=O) groups is 1. The first-order chi connectivity index (χ1) is 9.19. The van der Waals surface area contributed by atoms with Gasteiger partial charge >= 0.3 is 0 Å². The molecule has 0 radical (unpaired) electrons. The van der Waals surface area contributed by atoms with Crippen molar-refractivity contribution in [3.8, 4) is 0 Å². The van der Waals surface area contributed by atoms with Gasteiger partial charge in [0.05, 0.1) is 17.3 Å². The third kappa shape index (κ3) is 3.92. The first kappa shape index (κ1) is 15.7. The molecule has 1 amide bonds. The number of carbonyl (C=O) groups excluding carboxylic acids is 1. The number of quaternary nitrogens is 1. The Morgan fingerprint density at radius 1 is 1.10 bits per heavy atom. The molecule has 0 bridgehead atoms. The Morgan fingerprint density at radius 3 is 2.20 bits per heavy atom. The maximum atomic E-state index is 12.0. The Bertz CT molecular complexity index is 584. The Labute approximate surface area is 119 Å². The second-order valence-corrected chi connectivity index (χ2v) is 10.1. The van der Waals surface area contributed by atoms with Crippen molar-refractivity contribution in [2.45, 2.75) is 24.9 Å². The van der Waals surface area contributed by atoms with E-state index in [0.717, 1.165) is 0 Å². The summed E-state index contributed by atoms with van der Waals surface area (Å²) in [7, 11) is -4.32. The molecule has 2 aliphatic heterocycles. The first-order valence-electron chi connectivity index (χ1n) is 6.68. The summed E-state index contributed by atoms with van der Waals surface area (Å²) in [5, 5.41) is 1.76. The number of hydrogen-bond acceptors (Lipinski definition) is 5. The van der Waals surface area contributed by atoms with Crippen LogP contribution in [0.2, 0.25) is 0 Å². The van der Waals surface area contributed by atoms with Gasteiger partial charge in [0.25, 0.3) is 5.91 Å². The van der Waals surface area contributed by atoms with E-state index in [1.807, 2.05) is 0 Å². The average molecular weight is 325 g/mol. The summed E-state index contributed by atoms with van der Waals surface area (Å²) < 4.78 is 45.4. The van der Waals surface area contributed by atoms with Crippen molar-refractivity contribution in [1.82, 2.24) is 4.90 Å². The number of rotatable bonds is 4. The van der Waals surface area contributed by atoms with E-state index in [1.165, 1.54) is 4.90 Å². The topological polar surface area (TPSA) is 105 Å². The van der Waals surface area contributed by atoms with Crippen LogP contribution in [0.4, 0.5) is 0 Å². The summed E-state index contributed by atoms with van der Waals surface area (Å²) in [5.74, 6) is 0.352. The molecule has 0 aromatic heterocycles. The maximum Gasteiger partial charge on any atom is 0.277 e. The van der Waals surface area contributed by atoms with Crippen LogP contribution in [0.25, 0.3) is 0 Å². The lowest BCUT2D eigenvalue weighted by Gasteiger charge is -2.23. The minimum atomic E-state index is -3.00. The molecule has 0 spiro atoms. The highest BCUT2D eigenvalue weighted by Gasteiger charge is 2.34. The zero-order valence-corrected chi connectivity index (χ0v) is 13.1. The molecule has 0 saturated carbocycles. The van der Waals surface area contributed by atoms with Crippen molar-refractivity contribution in [2.75, 3.05) is 36.6 Å². The van der Waals surface area contributed by atoms with Crippen LogP contribution in [0, 0.1) is 0 Å². The lowest BCUT2D eigenvalue weighted by Crippen LogP contribution is -2.92. The normalized spacial score (nSPS) is 31.2. The van der Waals surface area contributed by atoms with Gasteiger partial charge in [0.1, 0.15) is 11.8 Å². The van der Waals surface area contributed by atoms with Crippen LogP contribution < -0.4 is 5.32 Å². The van der Waals surface area contributed by atoms with Gasteiger partial charge in [-0.1, -0.05) is 0 Å². The molecule has 2 atom stereocenters. The predicted molar refractivity (Wildman–Crippen MR) is 73.7 cm³/mol. The second kappa shape index (κ2) is 5.61. The van der Waals surface area contributed by atoms with Gasteiger partial charge in [-0.05, 0) is 6.42 Å². The number of nitrogens with two attached hydrogens (primary N) is 1. The molecule has 0 aromatic rings. The van der Waals surface area contributed by atoms with Crippen LogP contribution in [-0.4, -0.2) is 76.3 Å². The third-order valence-electron chi connectivity index (χ3n) is 4.04. The van der Waals surface area contributed by atoms with E-state index in [-0.39, 0.29) is 47.5 Å². The van der Waals surface area contributed by atoms with E-state index < -0.39 is 19.7 Å². The van der Waals surface area contributed by atoms with E-state index in [0.29, 0.717) is 12.8 Å². The minimum absolute atomic E-state index is 0.0348. The number of likely N-dealkylation sites (N-methyl/N-ethyl adjacent to an activating group) is 1. The highest BCUT2D eigenvalue weighted by atomic mass is 32.2. The van der Waals surface area contributed by atoms with Gasteiger partial charge in [0, 0.05) is 19.5 Å². The van der Waals surface area contributed by atoms with Crippen molar-refractivity contribution >= 4 is 25.6 Å². The molecule has 0 aliphatic carbocycles. The highest BCUT2D eigenvalue weighted by molar-refractivity contribution is 7.91. The standard InChI is InChI=1S/C11H20N2O5S2/c1-13(10-3-5-20(17,18)8-10)11(14)6-12-9-2-4-19(15,16)7-9/h9-10,12H,2-8H2,1H3/p+1/t9-,10+/m1/s1. The van der Waals surface area contributed by atoms with Gasteiger partial charge in [-0.3, -0.25) is 4.79 Å².